The van der Waals surface area contributed by atoms with Crippen LogP contribution in [0.2, 0.25) is 5.02 Å². The molecule has 0 bridgehead atoms. The maximum Gasteiger partial charge on any atom is 0.206 e. The second kappa shape index (κ2) is 4.71. The quantitative estimate of drug-likeness (QED) is 0.659. The van der Waals surface area contributed by atoms with E-state index in [4.69, 9.17) is 17.3 Å². The molecule has 2 N–H and O–H groups in total. The highest BCUT2D eigenvalue weighted by molar-refractivity contribution is 9.10. The molecular formula is C13H7BrClF2N3. The predicted octanol–water partition coefficient (Wildman–Crippen LogP) is 4.30. The minimum absolute atomic E-state index is 0.0204. The van der Waals surface area contributed by atoms with Gasteiger partial charge in [0.25, 0.3) is 0 Å². The molecule has 3 rings (SSSR count). The Bertz CT molecular complexity index is 832. The zero-order valence-electron chi connectivity index (χ0n) is 9.87. The summed E-state index contributed by atoms with van der Waals surface area (Å²) in [6.07, 6.45) is 0. The number of nitrogens with zero attached hydrogens (tertiary/aromatic N) is 2. The maximum atomic E-state index is 14.1. The van der Waals surface area contributed by atoms with E-state index in [1.165, 1.54) is 4.57 Å². The average molecular weight is 359 g/mol. The van der Waals surface area contributed by atoms with Gasteiger partial charge in [-0.1, -0.05) is 17.7 Å². The van der Waals surface area contributed by atoms with Gasteiger partial charge in [-0.15, -0.1) is 0 Å². The monoisotopic (exact) mass is 357 g/mol. The second-order valence-corrected chi connectivity index (χ2v) is 5.39. The van der Waals surface area contributed by atoms with Gasteiger partial charge in [0.1, 0.15) is 17.2 Å². The smallest absolute Gasteiger partial charge is 0.206 e. The summed E-state index contributed by atoms with van der Waals surface area (Å²) >= 11 is 8.95. The molecule has 0 spiro atoms. The van der Waals surface area contributed by atoms with Gasteiger partial charge in [-0.3, -0.25) is 4.57 Å². The molecule has 0 aliphatic rings. The molecule has 0 radical (unpaired) electrons. The molecule has 0 unspecified atom stereocenters. The van der Waals surface area contributed by atoms with Gasteiger partial charge in [0, 0.05) is 6.07 Å². The van der Waals surface area contributed by atoms with Crippen molar-refractivity contribution in [3.8, 4) is 5.69 Å². The summed E-state index contributed by atoms with van der Waals surface area (Å²) in [4.78, 5) is 4.09. The third-order valence-electron chi connectivity index (χ3n) is 2.89. The molecule has 7 heteroatoms. The number of benzene rings is 2. The van der Waals surface area contributed by atoms with Crippen LogP contribution >= 0.6 is 27.5 Å². The maximum absolute atomic E-state index is 14.1. The van der Waals surface area contributed by atoms with Gasteiger partial charge in [-0.25, -0.2) is 13.8 Å². The van der Waals surface area contributed by atoms with Gasteiger partial charge >= 0.3 is 0 Å². The number of halogens is 4. The number of nitrogen functional groups attached to an aromatic ring is 1. The number of hydrogen-bond acceptors (Lipinski definition) is 2. The lowest BCUT2D eigenvalue weighted by Crippen LogP contribution is -2.04. The molecule has 1 aromatic heterocycles. The Morgan fingerprint density at radius 2 is 1.95 bits per heavy atom. The standard InChI is InChI=1S/C13H7BrClF2N3/c14-6-4-9(17)11(5-8(6)16)20-10-3-1-2-7(15)12(10)19-13(20)18/h1-5H,(H2,18,19). The van der Waals surface area contributed by atoms with E-state index < -0.39 is 11.6 Å². The lowest BCUT2D eigenvalue weighted by Gasteiger charge is -2.09. The van der Waals surface area contributed by atoms with Crippen LogP contribution in [-0.2, 0) is 0 Å². The molecular weight excluding hydrogens is 352 g/mol. The summed E-state index contributed by atoms with van der Waals surface area (Å²) in [6.45, 7) is 0. The number of para-hydroxylation sites is 1. The lowest BCUT2D eigenvalue weighted by molar-refractivity contribution is 0.589. The Morgan fingerprint density at radius 3 is 2.70 bits per heavy atom. The zero-order valence-corrected chi connectivity index (χ0v) is 12.2. The van der Waals surface area contributed by atoms with Crippen LogP contribution in [0, 0.1) is 11.6 Å². The Hall–Kier alpha value is -1.66. The lowest BCUT2D eigenvalue weighted by atomic mass is 10.2. The third-order valence-corrected chi connectivity index (χ3v) is 3.81. The molecule has 0 atom stereocenters. The van der Waals surface area contributed by atoms with Crippen molar-refractivity contribution in [1.29, 1.82) is 0 Å². The average Bonchev–Trinajstić information content (AvgIpc) is 2.72. The van der Waals surface area contributed by atoms with Crippen molar-refractivity contribution in [3.63, 3.8) is 0 Å². The van der Waals surface area contributed by atoms with Gasteiger partial charge in [-0.05, 0) is 34.1 Å². The van der Waals surface area contributed by atoms with E-state index in [1.54, 1.807) is 18.2 Å². The first kappa shape index (κ1) is 13.3. The minimum atomic E-state index is -0.621. The summed E-state index contributed by atoms with van der Waals surface area (Å²) in [6, 6.07) is 7.12. The molecule has 102 valence electrons. The highest BCUT2D eigenvalue weighted by Gasteiger charge is 2.17. The number of fused-ring (bicyclic) bond motifs is 1. The van der Waals surface area contributed by atoms with Crippen molar-refractivity contribution in [1.82, 2.24) is 9.55 Å². The number of imidazole rings is 1. The fourth-order valence-corrected chi connectivity index (χ4v) is 2.55. The Labute approximate surface area is 126 Å². The summed E-state index contributed by atoms with van der Waals surface area (Å²) in [7, 11) is 0. The Balaban J connectivity index is 2.38. The normalized spacial score (nSPS) is 11.2. The summed E-state index contributed by atoms with van der Waals surface area (Å²) in [5.41, 5.74) is 6.73. The number of rotatable bonds is 1. The molecule has 3 nitrogen and oxygen atoms in total. The third kappa shape index (κ3) is 1.96. The van der Waals surface area contributed by atoms with Crippen molar-refractivity contribution in [3.05, 3.63) is 51.5 Å². The zero-order chi connectivity index (χ0) is 14.4. The fourth-order valence-electron chi connectivity index (χ4n) is 2.02. The van der Waals surface area contributed by atoms with Crippen LogP contribution < -0.4 is 5.73 Å². The molecule has 0 saturated carbocycles. The van der Waals surface area contributed by atoms with Crippen molar-refractivity contribution in [2.45, 2.75) is 0 Å². The van der Waals surface area contributed by atoms with Crippen LogP contribution in [-0.4, -0.2) is 9.55 Å². The van der Waals surface area contributed by atoms with Crippen molar-refractivity contribution in [2.75, 3.05) is 5.73 Å². The van der Waals surface area contributed by atoms with Crippen LogP contribution in [0.15, 0.2) is 34.8 Å². The molecule has 0 fully saturated rings. The van der Waals surface area contributed by atoms with Crippen LogP contribution in [0.4, 0.5) is 14.7 Å². The minimum Gasteiger partial charge on any atom is -0.369 e. The topological polar surface area (TPSA) is 43.8 Å². The molecule has 1 heterocycles. The molecule has 2 aromatic carbocycles. The summed E-state index contributed by atoms with van der Waals surface area (Å²) < 4.78 is 29.1. The van der Waals surface area contributed by atoms with Gasteiger partial charge in [0.05, 0.1) is 20.7 Å². The highest BCUT2D eigenvalue weighted by atomic mass is 79.9. The highest BCUT2D eigenvalue weighted by Crippen LogP contribution is 2.30. The van der Waals surface area contributed by atoms with Crippen LogP contribution in [0.3, 0.4) is 0 Å². The van der Waals surface area contributed by atoms with Crippen molar-refractivity contribution < 1.29 is 8.78 Å². The van der Waals surface area contributed by atoms with E-state index in [0.717, 1.165) is 12.1 Å². The van der Waals surface area contributed by atoms with E-state index in [2.05, 4.69) is 20.9 Å². The molecule has 0 aliphatic carbocycles. The van der Waals surface area contributed by atoms with Crippen LogP contribution in [0.25, 0.3) is 16.7 Å². The summed E-state index contributed by atoms with van der Waals surface area (Å²) in [5, 5.41) is 0.394. The first-order chi connectivity index (χ1) is 9.49. The van der Waals surface area contributed by atoms with E-state index in [1.807, 2.05) is 0 Å². The first-order valence-corrected chi connectivity index (χ1v) is 6.73. The van der Waals surface area contributed by atoms with Crippen LogP contribution in [0.1, 0.15) is 0 Å². The molecule has 0 aliphatic heterocycles. The van der Waals surface area contributed by atoms with Gasteiger partial charge in [-0.2, -0.15) is 0 Å². The molecule has 0 amide bonds. The van der Waals surface area contributed by atoms with Crippen molar-refractivity contribution in [2.24, 2.45) is 0 Å². The van der Waals surface area contributed by atoms with E-state index >= 15 is 0 Å². The number of anilines is 1. The summed E-state index contributed by atoms with van der Waals surface area (Å²) in [5.74, 6) is -1.18. The SMILES string of the molecule is Nc1nc2c(Cl)cccc2n1-c1cc(F)c(Br)cc1F. The Kier molecular flexibility index (Phi) is 3.14. The van der Waals surface area contributed by atoms with Crippen molar-refractivity contribution >= 4 is 44.5 Å². The molecule has 20 heavy (non-hydrogen) atoms. The van der Waals surface area contributed by atoms with E-state index in [0.29, 0.717) is 16.1 Å². The van der Waals surface area contributed by atoms with Gasteiger partial charge in [0.2, 0.25) is 5.95 Å². The molecule has 3 aromatic rings. The Morgan fingerprint density at radius 1 is 1.20 bits per heavy atom. The number of aromatic nitrogens is 2. The predicted molar refractivity (Wildman–Crippen MR) is 78.1 cm³/mol. The largest absolute Gasteiger partial charge is 0.369 e. The van der Waals surface area contributed by atoms with Crippen LogP contribution in [0.5, 0.6) is 0 Å². The van der Waals surface area contributed by atoms with E-state index in [9.17, 15) is 8.78 Å². The van der Waals surface area contributed by atoms with Gasteiger partial charge < -0.3 is 5.73 Å². The number of hydrogen-bond donors (Lipinski definition) is 1. The fraction of sp³-hybridized carbons (Fsp3) is 0. The molecule has 0 saturated heterocycles. The second-order valence-electron chi connectivity index (χ2n) is 4.13. The first-order valence-electron chi connectivity index (χ1n) is 5.56. The van der Waals surface area contributed by atoms with Gasteiger partial charge in [0.15, 0.2) is 0 Å². The van der Waals surface area contributed by atoms with E-state index in [-0.39, 0.29) is 16.1 Å². The number of nitrogens with two attached hydrogens (primary N) is 1.